The van der Waals surface area contributed by atoms with Gasteiger partial charge in [0.1, 0.15) is 24.8 Å². The van der Waals surface area contributed by atoms with Gasteiger partial charge in [0, 0.05) is 0 Å². The first-order chi connectivity index (χ1) is 11.2. The van der Waals surface area contributed by atoms with E-state index in [1.807, 2.05) is 31.2 Å². The van der Waals surface area contributed by atoms with Gasteiger partial charge in [-0.3, -0.25) is 0 Å². The van der Waals surface area contributed by atoms with E-state index in [0.717, 1.165) is 5.56 Å². The zero-order valence-electron chi connectivity index (χ0n) is 13.2. The fourth-order valence-corrected chi connectivity index (χ4v) is 1.87. The van der Waals surface area contributed by atoms with Gasteiger partial charge in [-0.1, -0.05) is 23.4 Å². The van der Waals surface area contributed by atoms with Gasteiger partial charge in [-0.2, -0.15) is 0 Å². The van der Waals surface area contributed by atoms with Gasteiger partial charge in [-0.05, 0) is 24.6 Å². The third kappa shape index (κ3) is 3.97. The van der Waals surface area contributed by atoms with Crippen molar-refractivity contribution in [3.05, 3.63) is 41.7 Å². The second-order valence-corrected chi connectivity index (χ2v) is 4.41. The molecule has 0 aliphatic rings. The van der Waals surface area contributed by atoms with Crippen molar-refractivity contribution in [3.8, 4) is 17.4 Å². The van der Waals surface area contributed by atoms with E-state index in [0.29, 0.717) is 17.1 Å². The molecule has 2 aromatic rings. The van der Waals surface area contributed by atoms with Gasteiger partial charge < -0.3 is 20.0 Å². The van der Waals surface area contributed by atoms with Gasteiger partial charge in [0.25, 0.3) is 0 Å². The van der Waals surface area contributed by atoms with Gasteiger partial charge in [0.15, 0.2) is 11.5 Å². The van der Waals surface area contributed by atoms with E-state index in [1.54, 1.807) is 13.2 Å². The molecule has 0 unspecified atom stereocenters. The molecule has 0 fully saturated rings. The fraction of sp³-hybridized carbons (Fsp3) is 0.188. The highest BCUT2D eigenvalue weighted by molar-refractivity contribution is 5.88. The molecular weight excluding hydrogens is 296 g/mol. The highest BCUT2D eigenvalue weighted by Gasteiger charge is 2.13. The number of nitrogens with two attached hydrogens (primary N) is 1. The molecule has 2 N–H and O–H groups in total. The molecule has 0 atom stereocenters. The molecule has 0 saturated heterocycles. The largest absolute Gasteiger partial charge is 0.493 e. The van der Waals surface area contributed by atoms with Crippen LogP contribution in [0.2, 0.25) is 0 Å². The summed E-state index contributed by atoms with van der Waals surface area (Å²) >= 11 is 0. The number of nitrogens with zero attached hydrogens (tertiary/aromatic N) is 3. The van der Waals surface area contributed by atoms with Crippen LogP contribution in [-0.4, -0.2) is 30.4 Å². The van der Waals surface area contributed by atoms with Crippen LogP contribution in [0.5, 0.6) is 17.4 Å². The van der Waals surface area contributed by atoms with Crippen LogP contribution in [0.25, 0.3) is 6.08 Å². The molecular formula is C16H18N4O3. The smallest absolute Gasteiger partial charge is 0.233 e. The van der Waals surface area contributed by atoms with Crippen LogP contribution in [0.3, 0.4) is 0 Å². The Labute approximate surface area is 134 Å². The van der Waals surface area contributed by atoms with Crippen LogP contribution in [0, 0.1) is 0 Å². The number of nitrogen functional groups attached to an aromatic ring is 1. The number of benzene rings is 1. The maximum Gasteiger partial charge on any atom is 0.233 e. The molecule has 0 aliphatic carbocycles. The molecule has 1 heterocycles. The van der Waals surface area contributed by atoms with Crippen molar-refractivity contribution < 1.29 is 14.3 Å². The monoisotopic (exact) mass is 314 g/mol. The van der Waals surface area contributed by atoms with Crippen LogP contribution in [0.15, 0.2) is 35.8 Å². The third-order valence-electron chi connectivity index (χ3n) is 2.92. The molecule has 2 rings (SSSR count). The van der Waals surface area contributed by atoms with Crippen molar-refractivity contribution >= 4 is 18.1 Å². The summed E-state index contributed by atoms with van der Waals surface area (Å²) in [6.07, 6.45) is 6.62. The van der Waals surface area contributed by atoms with Crippen molar-refractivity contribution in [2.75, 3.05) is 20.0 Å². The number of oxime groups is 1. The summed E-state index contributed by atoms with van der Waals surface area (Å²) in [7, 11) is 3.00. The molecule has 0 bridgehead atoms. The molecule has 0 amide bonds. The maximum absolute atomic E-state index is 5.83. The van der Waals surface area contributed by atoms with E-state index >= 15 is 0 Å². The molecule has 0 saturated carbocycles. The lowest BCUT2D eigenvalue weighted by Crippen LogP contribution is -2.03. The van der Waals surface area contributed by atoms with Crippen LogP contribution in [0.4, 0.5) is 5.82 Å². The second kappa shape index (κ2) is 7.79. The van der Waals surface area contributed by atoms with E-state index in [9.17, 15) is 0 Å². The summed E-state index contributed by atoms with van der Waals surface area (Å²) in [6, 6.07) is 5.57. The summed E-state index contributed by atoms with van der Waals surface area (Å²) in [5.41, 5.74) is 7.26. The number of rotatable bonds is 6. The number of hydrogen-bond donors (Lipinski definition) is 1. The Morgan fingerprint density at radius 1 is 1.17 bits per heavy atom. The van der Waals surface area contributed by atoms with Crippen LogP contribution < -0.4 is 15.2 Å². The van der Waals surface area contributed by atoms with Crippen molar-refractivity contribution in [2.24, 2.45) is 5.16 Å². The minimum atomic E-state index is 0.236. The summed E-state index contributed by atoms with van der Waals surface area (Å²) in [4.78, 5) is 12.7. The maximum atomic E-state index is 5.83. The Hall–Kier alpha value is -3.09. The number of hydrogen-bond acceptors (Lipinski definition) is 7. The molecule has 7 heteroatoms. The zero-order chi connectivity index (χ0) is 16.7. The SMILES string of the molecule is C/C=C/c1ccc(Oc2ncnc(N)c2/C=N\OC)c(OC)c1. The average molecular weight is 314 g/mol. The normalized spacial score (nSPS) is 11.1. The van der Waals surface area contributed by atoms with Crippen LogP contribution in [0.1, 0.15) is 18.1 Å². The van der Waals surface area contributed by atoms with Crippen molar-refractivity contribution in [1.82, 2.24) is 9.97 Å². The van der Waals surface area contributed by atoms with E-state index < -0.39 is 0 Å². The number of aromatic nitrogens is 2. The van der Waals surface area contributed by atoms with E-state index in [2.05, 4.69) is 20.0 Å². The molecule has 1 aromatic carbocycles. The fourth-order valence-electron chi connectivity index (χ4n) is 1.87. The first-order valence-corrected chi connectivity index (χ1v) is 6.85. The summed E-state index contributed by atoms with van der Waals surface area (Å²) in [6.45, 7) is 1.95. The van der Waals surface area contributed by atoms with Crippen molar-refractivity contribution in [2.45, 2.75) is 6.92 Å². The molecule has 7 nitrogen and oxygen atoms in total. The zero-order valence-corrected chi connectivity index (χ0v) is 13.2. The second-order valence-electron chi connectivity index (χ2n) is 4.41. The average Bonchev–Trinajstić information content (AvgIpc) is 2.56. The molecule has 120 valence electrons. The lowest BCUT2D eigenvalue weighted by Gasteiger charge is -2.12. The Morgan fingerprint density at radius 3 is 2.70 bits per heavy atom. The van der Waals surface area contributed by atoms with Crippen molar-refractivity contribution in [3.63, 3.8) is 0 Å². The Kier molecular flexibility index (Phi) is 5.51. The van der Waals surface area contributed by atoms with Crippen molar-refractivity contribution in [1.29, 1.82) is 0 Å². The summed E-state index contributed by atoms with van der Waals surface area (Å²) < 4.78 is 11.2. The molecule has 0 radical (unpaired) electrons. The highest BCUT2D eigenvalue weighted by Crippen LogP contribution is 2.33. The van der Waals surface area contributed by atoms with Gasteiger partial charge in [-0.25, -0.2) is 9.97 Å². The molecule has 23 heavy (non-hydrogen) atoms. The predicted octanol–water partition coefficient (Wildman–Crippen LogP) is 2.87. The lowest BCUT2D eigenvalue weighted by atomic mass is 10.2. The molecule has 0 aliphatic heterocycles. The minimum absolute atomic E-state index is 0.236. The Bertz CT molecular complexity index is 729. The molecule has 0 spiro atoms. The summed E-state index contributed by atoms with van der Waals surface area (Å²) in [5.74, 6) is 1.58. The first-order valence-electron chi connectivity index (χ1n) is 6.85. The third-order valence-corrected chi connectivity index (χ3v) is 2.92. The first kappa shape index (κ1) is 16.3. The minimum Gasteiger partial charge on any atom is -0.493 e. The number of methoxy groups -OCH3 is 1. The Balaban J connectivity index is 2.39. The van der Waals surface area contributed by atoms with Crippen LogP contribution >= 0.6 is 0 Å². The number of anilines is 1. The number of allylic oxidation sites excluding steroid dienone is 1. The van der Waals surface area contributed by atoms with E-state index in [-0.39, 0.29) is 11.7 Å². The van der Waals surface area contributed by atoms with Gasteiger partial charge in [0.2, 0.25) is 5.88 Å². The standard InChI is InChI=1S/C16H18N4O3/c1-4-5-11-6-7-13(14(8-11)21-2)23-16-12(9-20-22-3)15(17)18-10-19-16/h4-10H,1-3H3,(H2,17,18,19)/b5-4+,20-9-. The summed E-state index contributed by atoms with van der Waals surface area (Å²) in [5, 5.41) is 3.68. The lowest BCUT2D eigenvalue weighted by molar-refractivity contribution is 0.215. The van der Waals surface area contributed by atoms with Gasteiger partial charge in [0.05, 0.1) is 13.3 Å². The topological polar surface area (TPSA) is 91.9 Å². The molecule has 1 aromatic heterocycles. The van der Waals surface area contributed by atoms with E-state index in [1.165, 1.54) is 19.7 Å². The quantitative estimate of drug-likeness (QED) is 0.651. The van der Waals surface area contributed by atoms with E-state index in [4.69, 9.17) is 15.2 Å². The Morgan fingerprint density at radius 2 is 2.00 bits per heavy atom. The van der Waals surface area contributed by atoms with Crippen LogP contribution in [-0.2, 0) is 4.84 Å². The highest BCUT2D eigenvalue weighted by atomic mass is 16.6. The predicted molar refractivity (Wildman–Crippen MR) is 88.8 cm³/mol. The number of ether oxygens (including phenoxy) is 2. The van der Waals surface area contributed by atoms with Gasteiger partial charge in [-0.15, -0.1) is 0 Å². The van der Waals surface area contributed by atoms with Gasteiger partial charge >= 0.3 is 0 Å².